The monoisotopic (exact) mass is 496 g/mol. The fourth-order valence-electron chi connectivity index (χ4n) is 3.88. The number of hydrogen-bond donors (Lipinski definition) is 0. The van der Waals surface area contributed by atoms with Crippen molar-refractivity contribution in [1.82, 2.24) is 0 Å². The van der Waals surface area contributed by atoms with Gasteiger partial charge in [-0.2, -0.15) is 0 Å². The number of benzene rings is 4. The van der Waals surface area contributed by atoms with Gasteiger partial charge < -0.3 is 18.9 Å². The first-order chi connectivity index (χ1) is 18.2. The molecule has 4 aromatic rings. The molecule has 0 fully saturated rings. The van der Waals surface area contributed by atoms with E-state index in [9.17, 15) is 0 Å². The molecule has 37 heavy (non-hydrogen) atoms. The second kappa shape index (κ2) is 14.1. The van der Waals surface area contributed by atoms with E-state index < -0.39 is 0 Å². The van der Waals surface area contributed by atoms with Crippen LogP contribution in [-0.2, 0) is 11.3 Å². The van der Waals surface area contributed by atoms with Gasteiger partial charge in [0.1, 0.15) is 17.2 Å². The predicted molar refractivity (Wildman–Crippen MR) is 150 cm³/mol. The minimum atomic E-state index is 0.577. The SMILES string of the molecule is Cc1ccc(-c2cccc(OCCCOCc3ccc(OCCCOc4cccc(C)c4)cc3)c2)cc1. The van der Waals surface area contributed by atoms with E-state index in [4.69, 9.17) is 18.9 Å². The zero-order chi connectivity index (χ0) is 25.7. The van der Waals surface area contributed by atoms with Gasteiger partial charge in [-0.05, 0) is 72.5 Å². The van der Waals surface area contributed by atoms with Crippen LogP contribution in [0.25, 0.3) is 11.1 Å². The lowest BCUT2D eigenvalue weighted by Gasteiger charge is -2.10. The summed E-state index contributed by atoms with van der Waals surface area (Å²) in [7, 11) is 0. The van der Waals surface area contributed by atoms with Gasteiger partial charge in [0.2, 0.25) is 0 Å². The summed E-state index contributed by atoms with van der Waals surface area (Å²) < 4.78 is 23.4. The van der Waals surface area contributed by atoms with Crippen molar-refractivity contribution < 1.29 is 18.9 Å². The van der Waals surface area contributed by atoms with Crippen LogP contribution in [0.5, 0.6) is 17.2 Å². The molecule has 4 heteroatoms. The van der Waals surface area contributed by atoms with E-state index in [0.29, 0.717) is 33.0 Å². The Labute approximate surface area is 220 Å². The zero-order valence-corrected chi connectivity index (χ0v) is 21.8. The molecule has 4 nitrogen and oxygen atoms in total. The Morgan fingerprint density at radius 1 is 0.486 bits per heavy atom. The van der Waals surface area contributed by atoms with Gasteiger partial charge >= 0.3 is 0 Å². The van der Waals surface area contributed by atoms with Gasteiger partial charge in [0.05, 0.1) is 33.0 Å². The fraction of sp³-hybridized carbons (Fsp3) is 0.273. The summed E-state index contributed by atoms with van der Waals surface area (Å²) in [5.41, 5.74) is 5.95. The Kier molecular flexibility index (Phi) is 10.0. The standard InChI is InChI=1S/C33H36O4/c1-26-11-15-29(16-12-26)30-8-4-10-33(24-30)37-20-5-19-34-25-28-13-17-31(18-14-28)35-21-6-22-36-32-9-3-7-27(2)23-32/h3-4,7-18,23-24H,5-6,19-22,25H2,1-2H3. The van der Waals surface area contributed by atoms with Crippen molar-refractivity contribution >= 4 is 0 Å². The van der Waals surface area contributed by atoms with E-state index in [2.05, 4.69) is 56.3 Å². The van der Waals surface area contributed by atoms with E-state index in [-0.39, 0.29) is 0 Å². The molecule has 0 saturated heterocycles. The smallest absolute Gasteiger partial charge is 0.119 e. The molecule has 0 N–H and O–H groups in total. The molecule has 0 unspecified atom stereocenters. The average Bonchev–Trinajstić information content (AvgIpc) is 2.92. The molecule has 0 amide bonds. The first-order valence-corrected chi connectivity index (χ1v) is 12.9. The summed E-state index contributed by atoms with van der Waals surface area (Å²) in [5.74, 6) is 2.65. The first kappa shape index (κ1) is 26.3. The minimum Gasteiger partial charge on any atom is -0.493 e. The maximum Gasteiger partial charge on any atom is 0.119 e. The molecule has 0 aromatic heterocycles. The molecule has 0 radical (unpaired) electrons. The number of rotatable bonds is 14. The van der Waals surface area contributed by atoms with Crippen molar-refractivity contribution in [3.05, 3.63) is 114 Å². The van der Waals surface area contributed by atoms with E-state index in [1.165, 1.54) is 16.7 Å². The van der Waals surface area contributed by atoms with Gasteiger partial charge in [0, 0.05) is 12.8 Å². The molecular formula is C33H36O4. The summed E-state index contributed by atoms with van der Waals surface area (Å²) in [4.78, 5) is 0. The predicted octanol–water partition coefficient (Wildman–Crippen LogP) is 7.80. The van der Waals surface area contributed by atoms with Crippen molar-refractivity contribution in [2.45, 2.75) is 33.3 Å². The van der Waals surface area contributed by atoms with Crippen molar-refractivity contribution in [2.24, 2.45) is 0 Å². The largest absolute Gasteiger partial charge is 0.493 e. The highest BCUT2D eigenvalue weighted by Gasteiger charge is 2.02. The van der Waals surface area contributed by atoms with Crippen LogP contribution in [0.2, 0.25) is 0 Å². The third kappa shape index (κ3) is 9.00. The fourth-order valence-corrected chi connectivity index (χ4v) is 3.88. The maximum atomic E-state index is 5.94. The van der Waals surface area contributed by atoms with Crippen LogP contribution < -0.4 is 14.2 Å². The van der Waals surface area contributed by atoms with Crippen LogP contribution >= 0.6 is 0 Å². The third-order valence-electron chi connectivity index (χ3n) is 5.93. The molecule has 0 saturated carbocycles. The van der Waals surface area contributed by atoms with Gasteiger partial charge in [-0.25, -0.2) is 0 Å². The van der Waals surface area contributed by atoms with Crippen molar-refractivity contribution in [3.8, 4) is 28.4 Å². The highest BCUT2D eigenvalue weighted by Crippen LogP contribution is 2.24. The molecule has 4 rings (SSSR count). The van der Waals surface area contributed by atoms with Crippen LogP contribution in [0.4, 0.5) is 0 Å². The lowest BCUT2D eigenvalue weighted by atomic mass is 10.0. The van der Waals surface area contributed by atoms with Crippen LogP contribution in [-0.4, -0.2) is 26.4 Å². The molecule has 0 aliphatic carbocycles. The third-order valence-corrected chi connectivity index (χ3v) is 5.93. The molecule has 0 heterocycles. The van der Waals surface area contributed by atoms with Crippen molar-refractivity contribution in [2.75, 3.05) is 26.4 Å². The summed E-state index contributed by atoms with van der Waals surface area (Å²) in [6.45, 7) is 7.27. The molecule has 0 bridgehead atoms. The number of aryl methyl sites for hydroxylation is 2. The summed E-state index contributed by atoms with van der Waals surface area (Å²) >= 11 is 0. The van der Waals surface area contributed by atoms with Crippen LogP contribution in [0.1, 0.15) is 29.5 Å². The number of ether oxygens (including phenoxy) is 4. The lowest BCUT2D eigenvalue weighted by Crippen LogP contribution is -2.05. The van der Waals surface area contributed by atoms with Crippen molar-refractivity contribution in [1.29, 1.82) is 0 Å². The van der Waals surface area contributed by atoms with E-state index in [1.54, 1.807) is 0 Å². The average molecular weight is 497 g/mol. The molecular weight excluding hydrogens is 460 g/mol. The normalized spacial score (nSPS) is 10.8. The van der Waals surface area contributed by atoms with Crippen LogP contribution in [0.15, 0.2) is 97.1 Å². The van der Waals surface area contributed by atoms with Crippen molar-refractivity contribution in [3.63, 3.8) is 0 Å². The summed E-state index contributed by atoms with van der Waals surface area (Å²) in [6, 6.07) is 32.9. The maximum absolute atomic E-state index is 5.94. The topological polar surface area (TPSA) is 36.9 Å². The lowest BCUT2D eigenvalue weighted by molar-refractivity contribution is 0.107. The van der Waals surface area contributed by atoms with Gasteiger partial charge in [-0.3, -0.25) is 0 Å². The Morgan fingerprint density at radius 2 is 1.11 bits per heavy atom. The van der Waals surface area contributed by atoms with Crippen LogP contribution in [0.3, 0.4) is 0 Å². The molecule has 0 atom stereocenters. The van der Waals surface area contributed by atoms with Gasteiger partial charge in [0.15, 0.2) is 0 Å². The van der Waals surface area contributed by atoms with Crippen LogP contribution in [0, 0.1) is 13.8 Å². The van der Waals surface area contributed by atoms with Gasteiger partial charge in [0.25, 0.3) is 0 Å². The molecule has 4 aromatic carbocycles. The van der Waals surface area contributed by atoms with Gasteiger partial charge in [-0.1, -0.05) is 66.2 Å². The molecule has 0 aliphatic heterocycles. The second-order valence-electron chi connectivity index (χ2n) is 9.16. The Balaban J connectivity index is 1.07. The zero-order valence-electron chi connectivity index (χ0n) is 21.8. The van der Waals surface area contributed by atoms with Gasteiger partial charge in [-0.15, -0.1) is 0 Å². The Morgan fingerprint density at radius 3 is 1.81 bits per heavy atom. The highest BCUT2D eigenvalue weighted by molar-refractivity contribution is 5.65. The minimum absolute atomic E-state index is 0.577. The van der Waals surface area contributed by atoms with E-state index in [0.717, 1.165) is 41.2 Å². The Bertz CT molecular complexity index is 1220. The molecule has 0 spiro atoms. The highest BCUT2D eigenvalue weighted by atomic mass is 16.5. The first-order valence-electron chi connectivity index (χ1n) is 12.9. The molecule has 192 valence electrons. The Hall–Kier alpha value is -3.76. The quantitative estimate of drug-likeness (QED) is 0.167. The van der Waals surface area contributed by atoms with E-state index >= 15 is 0 Å². The second-order valence-corrected chi connectivity index (χ2v) is 9.16. The van der Waals surface area contributed by atoms with E-state index in [1.807, 2.05) is 54.6 Å². The molecule has 0 aliphatic rings. The summed E-state index contributed by atoms with van der Waals surface area (Å²) in [5, 5.41) is 0. The number of hydrogen-bond acceptors (Lipinski definition) is 4. The summed E-state index contributed by atoms with van der Waals surface area (Å²) in [6.07, 6.45) is 1.66.